The van der Waals surface area contributed by atoms with Crippen LogP contribution in [0.4, 0.5) is 10.1 Å². The fourth-order valence-corrected chi connectivity index (χ4v) is 1.76. The van der Waals surface area contributed by atoms with Crippen LogP contribution in [0.15, 0.2) is 24.5 Å². The second-order valence-electron chi connectivity index (χ2n) is 4.20. The zero-order valence-corrected chi connectivity index (χ0v) is 10.6. The van der Waals surface area contributed by atoms with E-state index in [1.165, 1.54) is 24.5 Å². The Morgan fingerprint density at radius 2 is 2.26 bits per heavy atom. The number of rotatable bonds is 3. The molecule has 0 saturated carbocycles. The monoisotopic (exact) mass is 263 g/mol. The van der Waals surface area contributed by atoms with E-state index < -0.39 is 11.7 Å². The van der Waals surface area contributed by atoms with Crippen molar-refractivity contribution < 1.29 is 9.18 Å². The van der Waals surface area contributed by atoms with Crippen LogP contribution < -0.4 is 11.1 Å². The molecule has 0 aliphatic heterocycles. The number of aromatic nitrogens is 3. The summed E-state index contributed by atoms with van der Waals surface area (Å²) in [5.41, 5.74) is 5.48. The summed E-state index contributed by atoms with van der Waals surface area (Å²) in [6.07, 6.45) is 1.54. The number of halogens is 1. The number of nitrogens with two attached hydrogens (primary N) is 1. The molecule has 1 aromatic heterocycles. The number of nitrogens with zero attached hydrogens (tertiary/aromatic N) is 3. The van der Waals surface area contributed by atoms with Crippen LogP contribution in [-0.2, 0) is 7.05 Å². The molecular weight excluding hydrogens is 249 g/mol. The molecule has 0 saturated heterocycles. The Morgan fingerprint density at radius 3 is 2.89 bits per heavy atom. The minimum absolute atomic E-state index is 0.106. The molecule has 6 nitrogen and oxygen atoms in total. The van der Waals surface area contributed by atoms with E-state index in [-0.39, 0.29) is 17.3 Å². The highest BCUT2D eigenvalue weighted by Crippen LogP contribution is 2.17. The number of hydrogen-bond donors (Lipinski definition) is 2. The topological polar surface area (TPSA) is 85.8 Å². The normalized spacial score (nSPS) is 12.2. The molecule has 1 heterocycles. The van der Waals surface area contributed by atoms with Crippen LogP contribution >= 0.6 is 0 Å². The van der Waals surface area contributed by atoms with Gasteiger partial charge < -0.3 is 15.6 Å². The minimum Gasteiger partial charge on any atom is -0.396 e. The van der Waals surface area contributed by atoms with Crippen molar-refractivity contribution in [2.24, 2.45) is 7.05 Å². The number of amides is 1. The summed E-state index contributed by atoms with van der Waals surface area (Å²) in [6, 6.07) is 3.76. The van der Waals surface area contributed by atoms with Gasteiger partial charge in [-0.1, -0.05) is 6.07 Å². The largest absolute Gasteiger partial charge is 0.396 e. The fourth-order valence-electron chi connectivity index (χ4n) is 1.76. The zero-order valence-electron chi connectivity index (χ0n) is 10.6. The first-order chi connectivity index (χ1) is 9.00. The molecule has 1 aromatic carbocycles. The van der Waals surface area contributed by atoms with Crippen molar-refractivity contribution in [2.75, 3.05) is 5.73 Å². The number of hydrogen-bond acceptors (Lipinski definition) is 4. The quantitative estimate of drug-likeness (QED) is 0.810. The van der Waals surface area contributed by atoms with Crippen LogP contribution in [0.1, 0.15) is 29.1 Å². The first-order valence-corrected chi connectivity index (χ1v) is 5.69. The summed E-state index contributed by atoms with van der Waals surface area (Å²) < 4.78 is 15.0. The average molecular weight is 263 g/mol. The first-order valence-electron chi connectivity index (χ1n) is 5.69. The van der Waals surface area contributed by atoms with E-state index in [2.05, 4.69) is 15.5 Å². The predicted octanol–water partition coefficient (Wildman–Crippen LogP) is 1.03. The van der Waals surface area contributed by atoms with E-state index in [1.807, 2.05) is 0 Å². The lowest BCUT2D eigenvalue weighted by molar-refractivity contribution is 0.0938. The van der Waals surface area contributed by atoms with Crippen LogP contribution in [0.25, 0.3) is 0 Å². The van der Waals surface area contributed by atoms with Crippen molar-refractivity contribution >= 4 is 11.6 Å². The van der Waals surface area contributed by atoms with Gasteiger partial charge >= 0.3 is 0 Å². The van der Waals surface area contributed by atoms with E-state index in [0.717, 1.165) is 0 Å². The number of anilines is 1. The van der Waals surface area contributed by atoms with Gasteiger partial charge in [0.25, 0.3) is 5.91 Å². The number of benzene rings is 1. The van der Waals surface area contributed by atoms with Crippen molar-refractivity contribution in [1.82, 2.24) is 20.1 Å². The Labute approximate surface area is 109 Å². The third-order valence-electron chi connectivity index (χ3n) is 2.78. The highest BCUT2D eigenvalue weighted by Gasteiger charge is 2.18. The molecule has 2 aromatic rings. The zero-order chi connectivity index (χ0) is 14.0. The summed E-state index contributed by atoms with van der Waals surface area (Å²) >= 11 is 0. The maximum Gasteiger partial charge on any atom is 0.254 e. The van der Waals surface area contributed by atoms with E-state index in [0.29, 0.717) is 5.82 Å². The van der Waals surface area contributed by atoms with E-state index >= 15 is 0 Å². The number of nitrogen functional groups attached to an aromatic ring is 1. The van der Waals surface area contributed by atoms with Crippen LogP contribution in [0.3, 0.4) is 0 Å². The number of para-hydroxylation sites is 1. The lowest BCUT2D eigenvalue weighted by atomic mass is 10.1. The summed E-state index contributed by atoms with van der Waals surface area (Å²) in [5, 5.41) is 10.3. The molecule has 100 valence electrons. The average Bonchev–Trinajstić information content (AvgIpc) is 2.79. The van der Waals surface area contributed by atoms with Gasteiger partial charge in [0.15, 0.2) is 5.82 Å². The van der Waals surface area contributed by atoms with Crippen LogP contribution in [-0.4, -0.2) is 20.7 Å². The molecule has 1 atom stereocenters. The fraction of sp³-hybridized carbons (Fsp3) is 0.250. The van der Waals surface area contributed by atoms with Gasteiger partial charge in [-0.15, -0.1) is 10.2 Å². The van der Waals surface area contributed by atoms with Gasteiger partial charge in [0.05, 0.1) is 17.3 Å². The second kappa shape index (κ2) is 5.05. The summed E-state index contributed by atoms with van der Waals surface area (Å²) in [7, 11) is 1.77. The Morgan fingerprint density at radius 1 is 1.53 bits per heavy atom. The second-order valence-corrected chi connectivity index (χ2v) is 4.20. The van der Waals surface area contributed by atoms with Crippen molar-refractivity contribution in [2.45, 2.75) is 13.0 Å². The van der Waals surface area contributed by atoms with Gasteiger partial charge in [0.1, 0.15) is 12.1 Å². The van der Waals surface area contributed by atoms with Crippen LogP contribution in [0, 0.1) is 5.82 Å². The summed E-state index contributed by atoms with van der Waals surface area (Å²) in [5.74, 6) is -0.463. The maximum absolute atomic E-state index is 13.3. The van der Waals surface area contributed by atoms with Gasteiger partial charge in [-0.3, -0.25) is 4.79 Å². The van der Waals surface area contributed by atoms with Crippen molar-refractivity contribution in [3.05, 3.63) is 41.7 Å². The van der Waals surface area contributed by atoms with Crippen molar-refractivity contribution in [1.29, 1.82) is 0 Å². The molecule has 0 bridgehead atoms. The minimum atomic E-state index is -0.612. The molecule has 0 spiro atoms. The molecule has 0 fully saturated rings. The number of carbonyl (C=O) groups excluding carboxylic acids is 1. The SMILES string of the molecule is CC(NC(=O)c1cccc(F)c1N)c1nncn1C. The molecule has 0 radical (unpaired) electrons. The van der Waals surface area contributed by atoms with Crippen LogP contribution in [0.5, 0.6) is 0 Å². The lowest BCUT2D eigenvalue weighted by Gasteiger charge is -2.14. The van der Waals surface area contributed by atoms with Gasteiger partial charge in [0, 0.05) is 7.05 Å². The Balaban J connectivity index is 2.18. The third kappa shape index (κ3) is 2.54. The molecular formula is C12H14FN5O. The van der Waals surface area contributed by atoms with Gasteiger partial charge in [0.2, 0.25) is 0 Å². The molecule has 2 rings (SSSR count). The number of carbonyl (C=O) groups is 1. The lowest BCUT2D eigenvalue weighted by Crippen LogP contribution is -2.29. The molecule has 0 aliphatic carbocycles. The highest BCUT2D eigenvalue weighted by atomic mass is 19.1. The number of aryl methyl sites for hydroxylation is 1. The molecule has 7 heteroatoms. The van der Waals surface area contributed by atoms with E-state index in [9.17, 15) is 9.18 Å². The Kier molecular flexibility index (Phi) is 3.46. The number of nitrogens with one attached hydrogen (secondary N) is 1. The molecule has 1 amide bonds. The van der Waals surface area contributed by atoms with Gasteiger partial charge in [-0.2, -0.15) is 0 Å². The third-order valence-corrected chi connectivity index (χ3v) is 2.78. The predicted molar refractivity (Wildman–Crippen MR) is 67.7 cm³/mol. The smallest absolute Gasteiger partial charge is 0.254 e. The Hall–Kier alpha value is -2.44. The van der Waals surface area contributed by atoms with E-state index in [1.54, 1.807) is 18.5 Å². The first kappa shape index (κ1) is 13.0. The Bertz CT molecular complexity index is 610. The highest BCUT2D eigenvalue weighted by molar-refractivity contribution is 5.99. The summed E-state index contributed by atoms with van der Waals surface area (Å²) in [4.78, 5) is 12.0. The maximum atomic E-state index is 13.3. The van der Waals surface area contributed by atoms with Crippen molar-refractivity contribution in [3.63, 3.8) is 0 Å². The molecule has 0 aliphatic rings. The van der Waals surface area contributed by atoms with E-state index in [4.69, 9.17) is 5.73 Å². The molecule has 3 N–H and O–H groups in total. The molecule has 1 unspecified atom stereocenters. The van der Waals surface area contributed by atoms with Crippen LogP contribution in [0.2, 0.25) is 0 Å². The summed E-state index contributed by atoms with van der Waals surface area (Å²) in [6.45, 7) is 1.76. The standard InChI is InChI=1S/C12H14FN5O/c1-7(11-17-15-6-18(11)2)16-12(19)8-4-3-5-9(13)10(8)14/h3-7H,14H2,1-2H3,(H,16,19). The molecule has 19 heavy (non-hydrogen) atoms. The van der Waals surface area contributed by atoms with Gasteiger partial charge in [-0.25, -0.2) is 4.39 Å². The van der Waals surface area contributed by atoms with Crippen molar-refractivity contribution in [3.8, 4) is 0 Å². The van der Waals surface area contributed by atoms with Gasteiger partial charge in [-0.05, 0) is 19.1 Å².